The van der Waals surface area contributed by atoms with E-state index in [4.69, 9.17) is 4.74 Å². The van der Waals surface area contributed by atoms with Crippen LogP contribution >= 0.6 is 11.3 Å². The fourth-order valence-corrected chi connectivity index (χ4v) is 3.46. The fourth-order valence-electron chi connectivity index (χ4n) is 2.84. The molecule has 0 unspecified atom stereocenters. The Morgan fingerprint density at radius 2 is 1.84 bits per heavy atom. The topological polar surface area (TPSA) is 12.5 Å². The minimum absolute atomic E-state index is 0.793. The maximum Gasteiger partial charge on any atom is 0.128 e. The number of hydrogen-bond donors (Lipinski definition) is 0. The van der Waals surface area contributed by atoms with Crippen LogP contribution in [-0.2, 0) is 0 Å². The summed E-state index contributed by atoms with van der Waals surface area (Å²) in [5.41, 5.74) is 2.39. The van der Waals surface area contributed by atoms with Crippen molar-refractivity contribution in [3.8, 4) is 5.75 Å². The Hall–Kier alpha value is -1.74. The van der Waals surface area contributed by atoms with Crippen LogP contribution in [0.2, 0.25) is 0 Å². The summed E-state index contributed by atoms with van der Waals surface area (Å²) in [5.74, 6) is 0.994. The van der Waals surface area contributed by atoms with Gasteiger partial charge in [-0.25, -0.2) is 0 Å². The van der Waals surface area contributed by atoms with Gasteiger partial charge in [-0.05, 0) is 56.0 Å². The highest BCUT2D eigenvalue weighted by molar-refractivity contribution is 7.10. The van der Waals surface area contributed by atoms with Gasteiger partial charge in [0.25, 0.3) is 0 Å². The second kappa shape index (κ2) is 11.0. The van der Waals surface area contributed by atoms with Gasteiger partial charge in [-0.3, -0.25) is 0 Å². The quantitative estimate of drug-likeness (QED) is 0.414. The van der Waals surface area contributed by atoms with Gasteiger partial charge in [-0.2, -0.15) is 0 Å². The predicted molar refractivity (Wildman–Crippen MR) is 113 cm³/mol. The van der Waals surface area contributed by atoms with Crippen LogP contribution in [-0.4, -0.2) is 19.7 Å². The van der Waals surface area contributed by atoms with Crippen LogP contribution in [0.5, 0.6) is 5.75 Å². The van der Waals surface area contributed by atoms with E-state index in [9.17, 15) is 0 Å². The maximum absolute atomic E-state index is 6.16. The highest BCUT2D eigenvalue weighted by atomic mass is 32.1. The predicted octanol–water partition coefficient (Wildman–Crippen LogP) is 6.72. The van der Waals surface area contributed by atoms with Crippen LogP contribution < -0.4 is 9.64 Å². The van der Waals surface area contributed by atoms with Crippen LogP contribution in [0.15, 0.2) is 35.7 Å². The summed E-state index contributed by atoms with van der Waals surface area (Å²) in [6.07, 6.45) is 9.24. The van der Waals surface area contributed by atoms with Crippen LogP contribution in [0.3, 0.4) is 0 Å². The first kappa shape index (κ1) is 19.6. The maximum atomic E-state index is 6.16. The average molecular weight is 358 g/mol. The second-order valence-corrected chi connectivity index (χ2v) is 7.13. The molecular formula is C22H31NOS. The van der Waals surface area contributed by atoms with E-state index in [-0.39, 0.29) is 0 Å². The number of benzene rings is 1. The van der Waals surface area contributed by atoms with E-state index in [1.165, 1.54) is 29.8 Å². The molecule has 0 saturated heterocycles. The molecule has 0 spiro atoms. The van der Waals surface area contributed by atoms with Crippen molar-refractivity contribution in [2.75, 3.05) is 24.6 Å². The molecule has 0 N–H and O–H groups in total. The van der Waals surface area contributed by atoms with Gasteiger partial charge in [0.1, 0.15) is 5.75 Å². The van der Waals surface area contributed by atoms with E-state index >= 15 is 0 Å². The molecule has 2 nitrogen and oxygen atoms in total. The summed E-state index contributed by atoms with van der Waals surface area (Å²) in [4.78, 5) is 3.62. The second-order valence-electron chi connectivity index (χ2n) is 6.15. The molecule has 2 rings (SSSR count). The minimum atomic E-state index is 0.793. The Morgan fingerprint density at radius 3 is 2.52 bits per heavy atom. The van der Waals surface area contributed by atoms with Crippen LogP contribution in [0.25, 0.3) is 12.2 Å². The number of thiophene rings is 1. The first-order chi connectivity index (χ1) is 12.3. The average Bonchev–Trinajstić information content (AvgIpc) is 3.15. The Bertz CT molecular complexity index is 629. The lowest BCUT2D eigenvalue weighted by molar-refractivity contribution is 0.304. The third kappa shape index (κ3) is 6.24. The van der Waals surface area contributed by atoms with Gasteiger partial charge in [0, 0.05) is 35.3 Å². The molecule has 0 aliphatic heterocycles. The molecular weight excluding hydrogens is 326 g/mol. The lowest BCUT2D eigenvalue weighted by Gasteiger charge is -2.22. The molecule has 1 heterocycles. The number of nitrogens with zero attached hydrogens (tertiary/aromatic N) is 1. The number of ether oxygens (including phenoxy) is 1. The van der Waals surface area contributed by atoms with Crippen molar-refractivity contribution in [2.45, 2.75) is 46.5 Å². The molecule has 1 aromatic heterocycles. The van der Waals surface area contributed by atoms with Gasteiger partial charge in [0.05, 0.1) is 6.61 Å². The van der Waals surface area contributed by atoms with Crippen LogP contribution in [0.4, 0.5) is 5.69 Å². The molecule has 0 aliphatic carbocycles. The minimum Gasteiger partial charge on any atom is -0.493 e. The van der Waals surface area contributed by atoms with E-state index in [2.05, 4.69) is 73.5 Å². The largest absolute Gasteiger partial charge is 0.493 e. The highest BCUT2D eigenvalue weighted by Crippen LogP contribution is 2.28. The number of anilines is 1. The van der Waals surface area contributed by atoms with E-state index in [1.54, 1.807) is 11.3 Å². The molecule has 0 atom stereocenters. The first-order valence-electron chi connectivity index (χ1n) is 9.51. The molecule has 0 amide bonds. The molecule has 0 bridgehead atoms. The van der Waals surface area contributed by atoms with Crippen molar-refractivity contribution < 1.29 is 4.74 Å². The molecule has 0 radical (unpaired) electrons. The van der Waals surface area contributed by atoms with Crippen molar-refractivity contribution in [1.29, 1.82) is 0 Å². The molecule has 3 heteroatoms. The zero-order valence-corrected chi connectivity index (χ0v) is 16.6. The third-order valence-corrected chi connectivity index (χ3v) is 5.19. The van der Waals surface area contributed by atoms with Gasteiger partial charge in [0.2, 0.25) is 0 Å². The highest BCUT2D eigenvalue weighted by Gasteiger charge is 2.07. The van der Waals surface area contributed by atoms with Crippen molar-refractivity contribution in [1.82, 2.24) is 0 Å². The molecule has 0 fully saturated rings. The van der Waals surface area contributed by atoms with Crippen molar-refractivity contribution in [2.24, 2.45) is 0 Å². The fraction of sp³-hybridized carbons (Fsp3) is 0.455. The third-order valence-electron chi connectivity index (χ3n) is 4.35. The Balaban J connectivity index is 2.14. The molecule has 2 aromatic rings. The SMILES string of the molecule is CCCCCCOc1cc(N(CC)CC)ccc1/C=C/c1cccs1. The van der Waals surface area contributed by atoms with Gasteiger partial charge >= 0.3 is 0 Å². The first-order valence-corrected chi connectivity index (χ1v) is 10.4. The number of hydrogen-bond acceptors (Lipinski definition) is 3. The Morgan fingerprint density at radius 1 is 1.00 bits per heavy atom. The smallest absolute Gasteiger partial charge is 0.128 e. The molecule has 0 saturated carbocycles. The summed E-state index contributed by atoms with van der Waals surface area (Å²) in [6.45, 7) is 9.44. The number of rotatable bonds is 11. The lowest BCUT2D eigenvalue weighted by Crippen LogP contribution is -2.21. The van der Waals surface area contributed by atoms with E-state index in [1.807, 2.05) is 0 Å². The molecule has 25 heavy (non-hydrogen) atoms. The Labute approximate surface area is 157 Å². The summed E-state index contributed by atoms with van der Waals surface area (Å²) >= 11 is 1.75. The van der Waals surface area contributed by atoms with Gasteiger partial charge in [-0.15, -0.1) is 11.3 Å². The van der Waals surface area contributed by atoms with E-state index in [0.29, 0.717) is 0 Å². The normalized spacial score (nSPS) is 11.2. The van der Waals surface area contributed by atoms with E-state index in [0.717, 1.165) is 37.4 Å². The standard InChI is InChI=1S/C22H31NOS/c1-4-7-8-9-16-24-22-18-20(23(5-2)6-3)14-12-19(22)13-15-21-11-10-17-25-21/h10-15,17-18H,4-9,16H2,1-3H3/b15-13+. The Kier molecular flexibility index (Phi) is 8.61. The zero-order chi connectivity index (χ0) is 17.9. The van der Waals surface area contributed by atoms with Gasteiger partial charge < -0.3 is 9.64 Å². The van der Waals surface area contributed by atoms with Crippen LogP contribution in [0.1, 0.15) is 56.9 Å². The summed E-state index contributed by atoms with van der Waals surface area (Å²) in [7, 11) is 0. The van der Waals surface area contributed by atoms with Crippen LogP contribution in [0, 0.1) is 0 Å². The lowest BCUT2D eigenvalue weighted by atomic mass is 10.1. The van der Waals surface area contributed by atoms with Crippen molar-refractivity contribution >= 4 is 29.2 Å². The van der Waals surface area contributed by atoms with Crippen molar-refractivity contribution in [3.05, 3.63) is 46.2 Å². The summed E-state index contributed by atoms with van der Waals surface area (Å²) in [6, 6.07) is 10.8. The number of unbranched alkanes of at least 4 members (excludes halogenated alkanes) is 3. The van der Waals surface area contributed by atoms with Gasteiger partial charge in [-0.1, -0.05) is 32.3 Å². The summed E-state index contributed by atoms with van der Waals surface area (Å²) in [5, 5.41) is 2.11. The molecule has 136 valence electrons. The van der Waals surface area contributed by atoms with Gasteiger partial charge in [0.15, 0.2) is 0 Å². The monoisotopic (exact) mass is 357 g/mol. The van der Waals surface area contributed by atoms with E-state index < -0.39 is 0 Å². The van der Waals surface area contributed by atoms with Crippen molar-refractivity contribution in [3.63, 3.8) is 0 Å². The molecule has 0 aliphatic rings. The summed E-state index contributed by atoms with van der Waals surface area (Å²) < 4.78 is 6.16. The molecule has 1 aromatic carbocycles. The zero-order valence-electron chi connectivity index (χ0n) is 15.8.